The van der Waals surface area contributed by atoms with Gasteiger partial charge in [-0.1, -0.05) is 24.4 Å². The van der Waals surface area contributed by atoms with Crippen molar-refractivity contribution < 1.29 is 15.0 Å². The van der Waals surface area contributed by atoms with Crippen LogP contribution in [0.1, 0.15) is 59.1 Å². The Hall–Kier alpha value is -3.94. The third kappa shape index (κ3) is 5.26. The number of hydrogen-bond acceptors (Lipinski definition) is 6. The molecule has 2 aromatic rings. The fourth-order valence-corrected chi connectivity index (χ4v) is 5.00. The van der Waals surface area contributed by atoms with Crippen LogP contribution in [-0.4, -0.2) is 21.1 Å². The van der Waals surface area contributed by atoms with Gasteiger partial charge in [-0.05, 0) is 103 Å². The molecule has 0 saturated heterocycles. The van der Waals surface area contributed by atoms with Crippen molar-refractivity contribution in [2.24, 2.45) is 0 Å². The van der Waals surface area contributed by atoms with Gasteiger partial charge in [-0.25, -0.2) is 0 Å². The largest absolute Gasteiger partial charge is 0.508 e. The summed E-state index contributed by atoms with van der Waals surface area (Å²) < 4.78 is 0. The summed E-state index contributed by atoms with van der Waals surface area (Å²) in [5.41, 5.74) is 4.99. The highest BCUT2D eigenvalue weighted by Gasteiger charge is 2.19. The van der Waals surface area contributed by atoms with Gasteiger partial charge in [-0.15, -0.1) is 0 Å². The van der Waals surface area contributed by atoms with Crippen molar-refractivity contribution in [1.29, 1.82) is 10.5 Å². The van der Waals surface area contributed by atoms with E-state index < -0.39 is 5.91 Å². The number of amides is 1. The number of thiocarbonyl (C=S) groups is 1. The molecule has 176 valence electrons. The smallest absolute Gasteiger partial charge is 0.266 e. The lowest BCUT2D eigenvalue weighted by atomic mass is 9.87. The van der Waals surface area contributed by atoms with Gasteiger partial charge in [0, 0.05) is 5.56 Å². The first kappa shape index (κ1) is 24.2. The van der Waals surface area contributed by atoms with E-state index in [2.05, 4.69) is 5.32 Å². The number of rotatable bonds is 4. The van der Waals surface area contributed by atoms with Gasteiger partial charge in [-0.3, -0.25) is 4.79 Å². The Bertz CT molecular complexity index is 1360. The Morgan fingerprint density at radius 3 is 2.23 bits per heavy atom. The first-order valence-electron chi connectivity index (χ1n) is 11.7. The first-order chi connectivity index (χ1) is 16.9. The van der Waals surface area contributed by atoms with Crippen LogP contribution in [0.5, 0.6) is 11.5 Å². The third-order valence-electron chi connectivity index (χ3n) is 6.57. The molecule has 0 aliphatic heterocycles. The Kier molecular flexibility index (Phi) is 7.29. The number of aryl methyl sites for hydroxylation is 2. The molecule has 6 nitrogen and oxygen atoms in total. The fourth-order valence-electron chi connectivity index (χ4n) is 4.80. The van der Waals surface area contributed by atoms with Crippen molar-refractivity contribution >= 4 is 35.3 Å². The topological polar surface area (TPSA) is 117 Å². The number of hydrogen-bond donors (Lipinski definition) is 3. The highest BCUT2D eigenvalue weighted by molar-refractivity contribution is 7.80. The molecule has 0 heterocycles. The Morgan fingerprint density at radius 1 is 0.857 bits per heavy atom. The number of carbonyl (C=O) groups is 1. The summed E-state index contributed by atoms with van der Waals surface area (Å²) in [5.74, 6) is -0.519. The number of nitrogens with one attached hydrogen (secondary N) is 1. The second-order valence-corrected chi connectivity index (χ2v) is 9.26. The molecule has 0 fully saturated rings. The van der Waals surface area contributed by atoms with Crippen LogP contribution in [0.15, 0.2) is 35.4 Å². The van der Waals surface area contributed by atoms with Crippen molar-refractivity contribution in [1.82, 2.24) is 5.32 Å². The van der Waals surface area contributed by atoms with E-state index in [0.29, 0.717) is 11.1 Å². The van der Waals surface area contributed by atoms with E-state index in [9.17, 15) is 25.5 Å². The van der Waals surface area contributed by atoms with Gasteiger partial charge in [0.05, 0.1) is 5.57 Å². The monoisotopic (exact) mass is 483 g/mol. The number of benzene rings is 2. The number of nitrogens with zero attached hydrogens (tertiary/aromatic N) is 2. The molecule has 7 heteroatoms. The van der Waals surface area contributed by atoms with Crippen molar-refractivity contribution in [3.63, 3.8) is 0 Å². The van der Waals surface area contributed by atoms with E-state index in [1.807, 2.05) is 24.3 Å². The number of phenolic OH excluding ortho intramolecular Hbond substituents is 2. The van der Waals surface area contributed by atoms with E-state index in [1.165, 1.54) is 12.2 Å². The van der Waals surface area contributed by atoms with E-state index >= 15 is 0 Å². The van der Waals surface area contributed by atoms with E-state index in [4.69, 9.17) is 12.2 Å². The van der Waals surface area contributed by atoms with Gasteiger partial charge in [0.25, 0.3) is 5.91 Å². The molecule has 2 aliphatic carbocycles. The van der Waals surface area contributed by atoms with E-state index in [1.54, 1.807) is 12.1 Å². The zero-order chi connectivity index (χ0) is 24.9. The molecule has 0 spiro atoms. The van der Waals surface area contributed by atoms with Crippen molar-refractivity contribution in [3.8, 4) is 23.6 Å². The second kappa shape index (κ2) is 10.5. The summed E-state index contributed by atoms with van der Waals surface area (Å²) in [6.45, 7) is 0. The minimum absolute atomic E-state index is 0.0198. The Balaban J connectivity index is 1.57. The zero-order valence-corrected chi connectivity index (χ0v) is 20.0. The molecule has 2 aromatic carbocycles. The SMILES string of the molecule is N#CC(=Cc1cc(O)c2c(c1)CCCC2)C(=O)NC(=S)C(C#N)=Cc1c(O)ccc2c1CCCC2. The zero-order valence-electron chi connectivity index (χ0n) is 19.2. The highest BCUT2D eigenvalue weighted by Crippen LogP contribution is 2.33. The number of aromatic hydroxyl groups is 2. The molecule has 0 bridgehead atoms. The van der Waals surface area contributed by atoms with E-state index in [0.717, 1.165) is 73.6 Å². The summed E-state index contributed by atoms with van der Waals surface area (Å²) in [6.07, 6.45) is 10.4. The lowest BCUT2D eigenvalue weighted by Crippen LogP contribution is -2.30. The van der Waals surface area contributed by atoms with Crippen LogP contribution >= 0.6 is 12.2 Å². The molecule has 0 unspecified atom stereocenters. The second-order valence-electron chi connectivity index (χ2n) is 8.85. The van der Waals surface area contributed by atoms with Gasteiger partial charge in [0.2, 0.25) is 0 Å². The number of phenols is 2. The minimum Gasteiger partial charge on any atom is -0.508 e. The quantitative estimate of drug-likeness (QED) is 0.326. The lowest BCUT2D eigenvalue weighted by Gasteiger charge is -2.19. The molecule has 2 aliphatic rings. The van der Waals surface area contributed by atoms with Gasteiger partial charge in [0.1, 0.15) is 34.2 Å². The van der Waals surface area contributed by atoms with Gasteiger partial charge in [-0.2, -0.15) is 10.5 Å². The molecule has 0 aromatic heterocycles. The minimum atomic E-state index is -0.741. The molecule has 4 rings (SSSR count). The van der Waals surface area contributed by atoms with Gasteiger partial charge >= 0.3 is 0 Å². The average Bonchev–Trinajstić information content (AvgIpc) is 2.86. The summed E-state index contributed by atoms with van der Waals surface area (Å²) >= 11 is 5.30. The Morgan fingerprint density at radius 2 is 1.51 bits per heavy atom. The van der Waals surface area contributed by atoms with E-state index in [-0.39, 0.29) is 27.6 Å². The third-order valence-corrected chi connectivity index (χ3v) is 6.90. The lowest BCUT2D eigenvalue weighted by molar-refractivity contribution is -0.115. The van der Waals surface area contributed by atoms with Crippen LogP contribution in [-0.2, 0) is 30.5 Å². The van der Waals surface area contributed by atoms with Crippen LogP contribution in [0.3, 0.4) is 0 Å². The number of nitriles is 2. The molecule has 0 atom stereocenters. The predicted octanol–water partition coefficient (Wildman–Crippen LogP) is 4.81. The van der Waals surface area contributed by atoms with Crippen LogP contribution in [0.4, 0.5) is 0 Å². The Labute approximate surface area is 209 Å². The molecule has 35 heavy (non-hydrogen) atoms. The number of fused-ring (bicyclic) bond motifs is 2. The maximum atomic E-state index is 12.8. The molecule has 0 saturated carbocycles. The number of carbonyl (C=O) groups excluding carboxylic acids is 1. The summed E-state index contributed by atoms with van der Waals surface area (Å²) in [4.78, 5) is 12.7. The molecular weight excluding hydrogens is 458 g/mol. The van der Waals surface area contributed by atoms with Gasteiger partial charge in [0.15, 0.2) is 0 Å². The summed E-state index contributed by atoms with van der Waals surface area (Å²) in [6, 6.07) is 10.8. The first-order valence-corrected chi connectivity index (χ1v) is 12.1. The normalized spacial score (nSPS) is 15.3. The van der Waals surface area contributed by atoms with Crippen LogP contribution in [0.25, 0.3) is 12.2 Å². The summed E-state index contributed by atoms with van der Waals surface area (Å²) in [7, 11) is 0. The average molecular weight is 484 g/mol. The van der Waals surface area contributed by atoms with Crippen molar-refractivity contribution in [2.45, 2.75) is 51.4 Å². The van der Waals surface area contributed by atoms with Crippen LogP contribution in [0, 0.1) is 22.7 Å². The maximum Gasteiger partial charge on any atom is 0.266 e. The van der Waals surface area contributed by atoms with Crippen molar-refractivity contribution in [3.05, 3.63) is 68.8 Å². The predicted molar refractivity (Wildman–Crippen MR) is 137 cm³/mol. The molecule has 0 radical (unpaired) electrons. The molecule has 1 amide bonds. The van der Waals surface area contributed by atoms with Gasteiger partial charge < -0.3 is 15.5 Å². The molecular formula is C28H25N3O3S. The maximum absolute atomic E-state index is 12.8. The van der Waals surface area contributed by atoms with Crippen molar-refractivity contribution in [2.75, 3.05) is 0 Å². The van der Waals surface area contributed by atoms with Crippen LogP contribution in [0.2, 0.25) is 0 Å². The fraction of sp³-hybridized carbons (Fsp3) is 0.286. The summed E-state index contributed by atoms with van der Waals surface area (Å²) in [5, 5.41) is 42.5. The molecule has 3 N–H and O–H groups in total. The standard InChI is InChI=1S/C28H25N3O3S/c29-15-20(12-17-11-19-6-2-4-8-23(19)26(33)13-17)27(34)31-28(35)21(16-30)14-24-22-7-3-1-5-18(22)9-10-25(24)32/h9-14,32-33H,1-8H2,(H,31,34,35). The highest BCUT2D eigenvalue weighted by atomic mass is 32.1. The van der Waals surface area contributed by atoms with Crippen LogP contribution < -0.4 is 5.32 Å².